The van der Waals surface area contributed by atoms with Crippen molar-refractivity contribution in [3.05, 3.63) is 51.8 Å². The molecule has 0 saturated carbocycles. The molecule has 26 heavy (non-hydrogen) atoms. The average Bonchev–Trinajstić information content (AvgIpc) is 2.86. The van der Waals surface area contributed by atoms with Gasteiger partial charge in [0.05, 0.1) is 17.7 Å². The molecule has 7 nitrogen and oxygen atoms in total. The first-order valence-corrected chi connectivity index (χ1v) is 8.12. The number of H-pyrrole nitrogens is 1. The summed E-state index contributed by atoms with van der Waals surface area (Å²) in [4.78, 5) is 39.6. The van der Waals surface area contributed by atoms with Crippen molar-refractivity contribution in [2.24, 2.45) is 0 Å². The van der Waals surface area contributed by atoms with E-state index in [0.29, 0.717) is 11.4 Å². The molecule has 0 unspecified atom stereocenters. The number of carbonyl (C=O) groups excluding carboxylic acids is 3. The van der Waals surface area contributed by atoms with Gasteiger partial charge in [0.1, 0.15) is 11.3 Å². The number of ketones is 1. The number of phenols is 1. The predicted octanol–water partition coefficient (Wildman–Crippen LogP) is 2.86. The van der Waals surface area contributed by atoms with Gasteiger partial charge >= 0.3 is 11.9 Å². The van der Waals surface area contributed by atoms with Gasteiger partial charge < -0.3 is 19.6 Å². The van der Waals surface area contributed by atoms with Crippen molar-refractivity contribution in [1.82, 2.24) is 4.98 Å². The number of aromatic amines is 1. The zero-order chi connectivity index (χ0) is 19.4. The Kier molecular flexibility index (Phi) is 5.82. The van der Waals surface area contributed by atoms with E-state index in [1.54, 1.807) is 33.8 Å². The van der Waals surface area contributed by atoms with E-state index in [2.05, 4.69) is 4.98 Å². The number of phenolic OH excluding ortho intramolecular Hbond substituents is 1. The summed E-state index contributed by atoms with van der Waals surface area (Å²) in [6, 6.07) is 4.50. The number of nitrogens with one attached hydrogen (secondary N) is 1. The van der Waals surface area contributed by atoms with Gasteiger partial charge in [-0.05, 0) is 45.4 Å². The lowest BCUT2D eigenvalue weighted by atomic mass is 10.1. The number of aryl methyl sites for hydroxylation is 3. The van der Waals surface area contributed by atoms with Gasteiger partial charge in [0.2, 0.25) is 5.78 Å². The van der Waals surface area contributed by atoms with Gasteiger partial charge in [0, 0.05) is 11.4 Å². The molecule has 0 aliphatic carbocycles. The fourth-order valence-corrected chi connectivity index (χ4v) is 2.68. The highest BCUT2D eigenvalue weighted by Gasteiger charge is 2.26. The molecule has 2 N–H and O–H groups in total. The van der Waals surface area contributed by atoms with Crippen molar-refractivity contribution < 1.29 is 29.0 Å². The molecule has 0 bridgehead atoms. The number of aromatic hydroxyl groups is 1. The second-order valence-electron chi connectivity index (χ2n) is 5.87. The van der Waals surface area contributed by atoms with E-state index in [1.807, 2.05) is 0 Å². The van der Waals surface area contributed by atoms with Crippen LogP contribution in [0.4, 0.5) is 0 Å². The molecule has 0 saturated heterocycles. The average molecular weight is 359 g/mol. The van der Waals surface area contributed by atoms with Crippen LogP contribution in [0.25, 0.3) is 0 Å². The van der Waals surface area contributed by atoms with E-state index in [1.165, 1.54) is 12.1 Å². The summed E-state index contributed by atoms with van der Waals surface area (Å²) >= 11 is 0. The van der Waals surface area contributed by atoms with Crippen LogP contribution >= 0.6 is 0 Å². The summed E-state index contributed by atoms with van der Waals surface area (Å²) in [7, 11) is 0. The number of esters is 2. The number of hydrogen-bond donors (Lipinski definition) is 2. The van der Waals surface area contributed by atoms with Gasteiger partial charge in [-0.3, -0.25) is 4.79 Å². The lowest BCUT2D eigenvalue weighted by molar-refractivity contribution is 0.0469. The molecule has 0 amide bonds. The summed E-state index contributed by atoms with van der Waals surface area (Å²) < 4.78 is 9.99. The lowest BCUT2D eigenvalue weighted by Gasteiger charge is -2.08. The Bertz CT molecular complexity index is 865. The molecule has 1 aromatic carbocycles. The highest BCUT2D eigenvalue weighted by atomic mass is 16.5. The SMILES string of the molecule is CCOC(=O)c1c(C)[nH]c(C)c1C(=O)COC(=O)c1ccc(C)cc1O. The molecule has 0 spiro atoms. The van der Waals surface area contributed by atoms with Crippen molar-refractivity contribution >= 4 is 17.7 Å². The van der Waals surface area contributed by atoms with E-state index in [-0.39, 0.29) is 29.0 Å². The van der Waals surface area contributed by atoms with E-state index in [9.17, 15) is 19.5 Å². The van der Waals surface area contributed by atoms with E-state index < -0.39 is 24.3 Å². The van der Waals surface area contributed by atoms with Crippen LogP contribution in [0.3, 0.4) is 0 Å². The summed E-state index contributed by atoms with van der Waals surface area (Å²) in [5, 5.41) is 9.82. The van der Waals surface area contributed by atoms with Crippen LogP contribution in [-0.4, -0.2) is 41.0 Å². The van der Waals surface area contributed by atoms with Gasteiger partial charge in [0.25, 0.3) is 0 Å². The Morgan fingerprint density at radius 1 is 1.00 bits per heavy atom. The summed E-state index contributed by atoms with van der Waals surface area (Å²) in [5.74, 6) is -2.18. The lowest BCUT2D eigenvalue weighted by Crippen LogP contribution is -2.18. The molecule has 2 aromatic rings. The van der Waals surface area contributed by atoms with Crippen LogP contribution < -0.4 is 0 Å². The molecule has 2 rings (SSSR count). The number of Topliss-reactive ketones (excluding diaryl/α,β-unsaturated/α-hetero) is 1. The molecule has 0 aliphatic heterocycles. The molecule has 1 heterocycles. The van der Waals surface area contributed by atoms with Gasteiger partial charge in [0.15, 0.2) is 6.61 Å². The van der Waals surface area contributed by atoms with Crippen molar-refractivity contribution in [3.8, 4) is 5.75 Å². The highest BCUT2D eigenvalue weighted by molar-refractivity contribution is 6.09. The molecule has 138 valence electrons. The van der Waals surface area contributed by atoms with Gasteiger partial charge in [-0.15, -0.1) is 0 Å². The topological polar surface area (TPSA) is 106 Å². The molecule has 0 atom stereocenters. The maximum atomic E-state index is 12.5. The first-order chi connectivity index (χ1) is 12.3. The zero-order valence-electron chi connectivity index (χ0n) is 15.1. The maximum absolute atomic E-state index is 12.5. The minimum Gasteiger partial charge on any atom is -0.507 e. The van der Waals surface area contributed by atoms with Gasteiger partial charge in [-0.25, -0.2) is 9.59 Å². The van der Waals surface area contributed by atoms with E-state index in [0.717, 1.165) is 5.56 Å². The van der Waals surface area contributed by atoms with Gasteiger partial charge in [-0.1, -0.05) is 6.07 Å². The third-order valence-electron chi connectivity index (χ3n) is 3.84. The van der Waals surface area contributed by atoms with Gasteiger partial charge in [-0.2, -0.15) is 0 Å². The summed E-state index contributed by atoms with van der Waals surface area (Å²) in [6.07, 6.45) is 0. The number of aromatic nitrogens is 1. The van der Waals surface area contributed by atoms with E-state index in [4.69, 9.17) is 9.47 Å². The molecule has 0 aliphatic rings. The Balaban J connectivity index is 2.18. The number of hydrogen-bond acceptors (Lipinski definition) is 6. The van der Waals surface area contributed by atoms with Crippen molar-refractivity contribution in [2.45, 2.75) is 27.7 Å². The van der Waals surface area contributed by atoms with Crippen LogP contribution in [0.1, 0.15) is 54.9 Å². The number of ether oxygens (including phenoxy) is 2. The second-order valence-corrected chi connectivity index (χ2v) is 5.87. The monoisotopic (exact) mass is 359 g/mol. The largest absolute Gasteiger partial charge is 0.507 e. The van der Waals surface area contributed by atoms with Crippen LogP contribution in [0, 0.1) is 20.8 Å². The first kappa shape index (κ1) is 19.2. The maximum Gasteiger partial charge on any atom is 0.342 e. The predicted molar refractivity (Wildman–Crippen MR) is 93.7 cm³/mol. The molecule has 1 aromatic heterocycles. The normalized spacial score (nSPS) is 10.5. The molecule has 7 heteroatoms. The molecular formula is C19H21NO6. The van der Waals surface area contributed by atoms with Crippen molar-refractivity contribution in [3.63, 3.8) is 0 Å². The van der Waals surface area contributed by atoms with Crippen LogP contribution in [-0.2, 0) is 9.47 Å². The number of benzene rings is 1. The van der Waals surface area contributed by atoms with Crippen LogP contribution in [0.5, 0.6) is 5.75 Å². The fraction of sp³-hybridized carbons (Fsp3) is 0.316. The summed E-state index contributed by atoms with van der Waals surface area (Å²) in [6.45, 7) is 6.37. The number of rotatable bonds is 6. The number of carbonyl (C=O) groups is 3. The van der Waals surface area contributed by atoms with E-state index >= 15 is 0 Å². The van der Waals surface area contributed by atoms with Crippen molar-refractivity contribution in [2.75, 3.05) is 13.2 Å². The highest BCUT2D eigenvalue weighted by Crippen LogP contribution is 2.22. The quantitative estimate of drug-likeness (QED) is 0.607. The third-order valence-corrected chi connectivity index (χ3v) is 3.84. The molecule has 0 fully saturated rings. The Labute approximate surface area is 150 Å². The van der Waals surface area contributed by atoms with Crippen LogP contribution in [0.15, 0.2) is 18.2 Å². The summed E-state index contributed by atoms with van der Waals surface area (Å²) in [5.41, 5.74) is 2.03. The Morgan fingerprint density at radius 3 is 2.27 bits per heavy atom. The smallest absolute Gasteiger partial charge is 0.342 e. The Hall–Kier alpha value is -3.09. The second kappa shape index (κ2) is 7.86. The van der Waals surface area contributed by atoms with Crippen LogP contribution in [0.2, 0.25) is 0 Å². The standard InChI is InChI=1S/C19H21NO6/c1-5-25-19(24)17-12(4)20-11(3)16(17)15(22)9-26-18(23)13-7-6-10(2)8-14(13)21/h6-8,20-21H,5,9H2,1-4H3. The zero-order valence-corrected chi connectivity index (χ0v) is 15.1. The molecular weight excluding hydrogens is 338 g/mol. The first-order valence-electron chi connectivity index (χ1n) is 8.12. The third kappa shape index (κ3) is 3.93. The fourth-order valence-electron chi connectivity index (χ4n) is 2.68. The van der Waals surface area contributed by atoms with Crippen molar-refractivity contribution in [1.29, 1.82) is 0 Å². The minimum atomic E-state index is -0.821. The Morgan fingerprint density at radius 2 is 1.65 bits per heavy atom. The molecule has 0 radical (unpaired) electrons. The minimum absolute atomic E-state index is 0.0315.